The maximum atomic E-state index is 11.5. The number of hydrogen-bond acceptors (Lipinski definition) is 2. The third kappa shape index (κ3) is 1.93. The van der Waals surface area contributed by atoms with Gasteiger partial charge in [-0.3, -0.25) is 4.79 Å². The second-order valence-corrected chi connectivity index (χ2v) is 4.61. The van der Waals surface area contributed by atoms with Crippen LogP contribution in [0.2, 0.25) is 0 Å². The Balaban J connectivity index is 2.24. The van der Waals surface area contributed by atoms with Gasteiger partial charge in [-0.05, 0) is 51.6 Å². The largest absolute Gasteiger partial charge is 0.481 e. The second kappa shape index (κ2) is 4.35. The topological polar surface area (TPSA) is 49.3 Å². The van der Waals surface area contributed by atoms with Gasteiger partial charge in [-0.25, -0.2) is 0 Å². The fourth-order valence-corrected chi connectivity index (χ4v) is 2.80. The number of piperidine rings is 1. The number of allylic oxidation sites excluding steroid dienone is 1. The van der Waals surface area contributed by atoms with Crippen molar-refractivity contribution in [1.82, 2.24) is 5.32 Å². The van der Waals surface area contributed by atoms with Crippen LogP contribution in [0.15, 0.2) is 11.6 Å². The van der Waals surface area contributed by atoms with Crippen LogP contribution in [0.1, 0.15) is 38.5 Å². The number of aliphatic carboxylic acids is 1. The number of carbonyl (C=O) groups is 1. The molecule has 0 radical (unpaired) electrons. The summed E-state index contributed by atoms with van der Waals surface area (Å²) in [7, 11) is 0. The first-order valence-corrected chi connectivity index (χ1v) is 5.89. The zero-order valence-electron chi connectivity index (χ0n) is 9.09. The molecule has 0 unspecified atom stereocenters. The van der Waals surface area contributed by atoms with Crippen molar-refractivity contribution in [1.29, 1.82) is 0 Å². The van der Waals surface area contributed by atoms with Crippen LogP contribution < -0.4 is 5.32 Å². The SMILES string of the molecule is O=C(O)C1(C2=CCCCC2)CCNCC1. The molecule has 1 aliphatic carbocycles. The van der Waals surface area contributed by atoms with Crippen LogP contribution in [0.25, 0.3) is 0 Å². The van der Waals surface area contributed by atoms with Crippen LogP contribution in [-0.2, 0) is 4.79 Å². The molecule has 1 fully saturated rings. The van der Waals surface area contributed by atoms with Crippen LogP contribution in [0.5, 0.6) is 0 Å². The van der Waals surface area contributed by atoms with Gasteiger partial charge in [-0.2, -0.15) is 0 Å². The quantitative estimate of drug-likeness (QED) is 0.683. The van der Waals surface area contributed by atoms with Gasteiger partial charge in [0.15, 0.2) is 0 Å². The summed E-state index contributed by atoms with van der Waals surface area (Å²) in [5.41, 5.74) is 0.661. The van der Waals surface area contributed by atoms with Crippen LogP contribution >= 0.6 is 0 Å². The molecule has 3 nitrogen and oxygen atoms in total. The minimum atomic E-state index is -0.614. The Morgan fingerprint density at radius 1 is 1.33 bits per heavy atom. The number of nitrogens with one attached hydrogen (secondary N) is 1. The standard InChI is InChI=1S/C12H19NO2/c14-11(15)12(6-8-13-9-7-12)10-4-2-1-3-5-10/h4,13H,1-3,5-9H2,(H,14,15). The minimum absolute atomic E-state index is 0.536. The molecule has 0 spiro atoms. The Morgan fingerprint density at radius 2 is 2.07 bits per heavy atom. The van der Waals surface area contributed by atoms with E-state index in [1.54, 1.807) is 0 Å². The zero-order chi connectivity index (χ0) is 10.7. The van der Waals surface area contributed by atoms with Crippen LogP contribution in [0, 0.1) is 5.41 Å². The molecule has 0 amide bonds. The lowest BCUT2D eigenvalue weighted by atomic mass is 9.69. The van der Waals surface area contributed by atoms with Gasteiger partial charge in [0.1, 0.15) is 0 Å². The van der Waals surface area contributed by atoms with Gasteiger partial charge < -0.3 is 10.4 Å². The molecule has 0 bridgehead atoms. The average Bonchev–Trinajstić information content (AvgIpc) is 2.31. The molecule has 0 aromatic rings. The molecule has 3 heteroatoms. The van der Waals surface area contributed by atoms with E-state index < -0.39 is 11.4 Å². The van der Waals surface area contributed by atoms with Crippen molar-refractivity contribution in [2.24, 2.45) is 5.41 Å². The average molecular weight is 209 g/mol. The highest BCUT2D eigenvalue weighted by atomic mass is 16.4. The Hall–Kier alpha value is -0.830. The van der Waals surface area contributed by atoms with Crippen molar-refractivity contribution in [2.75, 3.05) is 13.1 Å². The van der Waals surface area contributed by atoms with Crippen LogP contribution in [0.3, 0.4) is 0 Å². The van der Waals surface area contributed by atoms with Crippen molar-refractivity contribution >= 4 is 5.97 Å². The lowest BCUT2D eigenvalue weighted by Gasteiger charge is -2.37. The summed E-state index contributed by atoms with van der Waals surface area (Å²) in [5, 5.41) is 12.7. The molecule has 0 saturated carbocycles. The number of carboxylic acid groups (broad SMARTS) is 1. The van der Waals surface area contributed by atoms with E-state index in [1.165, 1.54) is 12.0 Å². The van der Waals surface area contributed by atoms with Crippen molar-refractivity contribution in [2.45, 2.75) is 38.5 Å². The summed E-state index contributed by atoms with van der Waals surface area (Å²) in [6.07, 6.45) is 8.14. The maximum Gasteiger partial charge on any atom is 0.313 e. The van der Waals surface area contributed by atoms with Crippen LogP contribution in [0.4, 0.5) is 0 Å². The molecule has 0 atom stereocenters. The second-order valence-electron chi connectivity index (χ2n) is 4.61. The molecule has 15 heavy (non-hydrogen) atoms. The van der Waals surface area contributed by atoms with E-state index >= 15 is 0 Å². The van der Waals surface area contributed by atoms with E-state index in [1.807, 2.05) is 0 Å². The van der Waals surface area contributed by atoms with Crippen molar-refractivity contribution in [3.8, 4) is 0 Å². The summed E-state index contributed by atoms with van der Waals surface area (Å²) in [6, 6.07) is 0. The van der Waals surface area contributed by atoms with Gasteiger partial charge in [0, 0.05) is 0 Å². The third-order valence-electron chi connectivity index (χ3n) is 3.77. The molecule has 0 aromatic heterocycles. The maximum absolute atomic E-state index is 11.5. The smallest absolute Gasteiger partial charge is 0.313 e. The fourth-order valence-electron chi connectivity index (χ4n) is 2.80. The molecule has 1 heterocycles. The van der Waals surface area contributed by atoms with Crippen molar-refractivity contribution < 1.29 is 9.90 Å². The first kappa shape index (κ1) is 10.7. The Kier molecular flexibility index (Phi) is 3.10. The Labute approximate surface area is 90.6 Å². The fraction of sp³-hybridized carbons (Fsp3) is 0.750. The molecule has 2 aliphatic rings. The van der Waals surface area contributed by atoms with E-state index in [0.29, 0.717) is 0 Å². The molecule has 1 aliphatic heterocycles. The molecular formula is C12H19NO2. The Morgan fingerprint density at radius 3 is 2.60 bits per heavy atom. The van der Waals surface area contributed by atoms with Gasteiger partial charge in [0.2, 0.25) is 0 Å². The number of carboxylic acids is 1. The summed E-state index contributed by atoms with van der Waals surface area (Å²) >= 11 is 0. The number of rotatable bonds is 2. The van der Waals surface area contributed by atoms with E-state index in [0.717, 1.165) is 45.2 Å². The summed E-state index contributed by atoms with van der Waals surface area (Å²) in [5.74, 6) is -0.614. The van der Waals surface area contributed by atoms with E-state index in [9.17, 15) is 9.90 Å². The van der Waals surface area contributed by atoms with E-state index in [2.05, 4.69) is 11.4 Å². The molecule has 2 N–H and O–H groups in total. The normalized spacial score (nSPS) is 25.7. The summed E-state index contributed by atoms with van der Waals surface area (Å²) in [4.78, 5) is 11.5. The highest BCUT2D eigenvalue weighted by Gasteiger charge is 2.42. The highest BCUT2D eigenvalue weighted by molar-refractivity contribution is 5.79. The van der Waals surface area contributed by atoms with E-state index in [4.69, 9.17) is 0 Å². The molecule has 2 rings (SSSR count). The van der Waals surface area contributed by atoms with Gasteiger partial charge in [-0.1, -0.05) is 11.6 Å². The first-order valence-electron chi connectivity index (χ1n) is 5.89. The predicted molar refractivity (Wildman–Crippen MR) is 58.7 cm³/mol. The first-order chi connectivity index (χ1) is 7.26. The van der Waals surface area contributed by atoms with Gasteiger partial charge in [0.25, 0.3) is 0 Å². The monoisotopic (exact) mass is 209 g/mol. The van der Waals surface area contributed by atoms with Gasteiger partial charge >= 0.3 is 5.97 Å². The highest BCUT2D eigenvalue weighted by Crippen LogP contribution is 2.41. The zero-order valence-corrected chi connectivity index (χ0v) is 9.09. The van der Waals surface area contributed by atoms with Crippen molar-refractivity contribution in [3.05, 3.63) is 11.6 Å². The van der Waals surface area contributed by atoms with Crippen LogP contribution in [-0.4, -0.2) is 24.2 Å². The minimum Gasteiger partial charge on any atom is -0.481 e. The lowest BCUT2D eigenvalue weighted by Crippen LogP contribution is -2.43. The summed E-state index contributed by atoms with van der Waals surface area (Å²) in [6.45, 7) is 1.67. The number of hydrogen-bond donors (Lipinski definition) is 2. The van der Waals surface area contributed by atoms with Gasteiger partial charge in [0.05, 0.1) is 5.41 Å². The van der Waals surface area contributed by atoms with Gasteiger partial charge in [-0.15, -0.1) is 0 Å². The molecule has 84 valence electrons. The molecular weight excluding hydrogens is 190 g/mol. The van der Waals surface area contributed by atoms with Crippen molar-refractivity contribution in [3.63, 3.8) is 0 Å². The Bertz CT molecular complexity index is 277. The lowest BCUT2D eigenvalue weighted by molar-refractivity contribution is -0.148. The summed E-state index contributed by atoms with van der Waals surface area (Å²) < 4.78 is 0. The van der Waals surface area contributed by atoms with E-state index in [-0.39, 0.29) is 0 Å². The third-order valence-corrected chi connectivity index (χ3v) is 3.77. The molecule has 0 aromatic carbocycles. The predicted octanol–water partition coefficient (Wildman–Crippen LogP) is 1.94. The molecule has 1 saturated heterocycles.